The van der Waals surface area contributed by atoms with E-state index < -0.39 is 5.97 Å². The molecule has 0 bridgehead atoms. The molecule has 0 saturated heterocycles. The largest absolute Gasteiger partial charge is 0.481 e. The molecule has 1 N–H and O–H groups in total. The van der Waals surface area contributed by atoms with E-state index in [1.165, 1.54) is 0 Å². The molecule has 0 aliphatic heterocycles. The van der Waals surface area contributed by atoms with Crippen molar-refractivity contribution < 1.29 is 52.6 Å². The maximum absolute atomic E-state index is 11.4. The van der Waals surface area contributed by atoms with Crippen LogP contribution in [0.3, 0.4) is 0 Å². The van der Waals surface area contributed by atoms with Crippen molar-refractivity contribution >= 4 is 23.5 Å². The van der Waals surface area contributed by atoms with E-state index in [0.29, 0.717) is 111 Å². The fourth-order valence-electron chi connectivity index (χ4n) is 2.31. The summed E-state index contributed by atoms with van der Waals surface area (Å²) in [6.45, 7) is 6.79. The molecule has 0 aliphatic rings. The van der Waals surface area contributed by atoms with Gasteiger partial charge in [-0.3, -0.25) is 9.59 Å². The van der Waals surface area contributed by atoms with E-state index >= 15 is 0 Å². The molecule has 202 valence electrons. The van der Waals surface area contributed by atoms with Crippen LogP contribution in [0.2, 0.25) is 0 Å². The Labute approximate surface area is 207 Å². The zero-order valence-electron chi connectivity index (χ0n) is 20.0. The summed E-state index contributed by atoms with van der Waals surface area (Å²) in [5.74, 6) is -0.714. The van der Waals surface area contributed by atoms with Gasteiger partial charge in [-0.1, -0.05) is 0 Å². The van der Waals surface area contributed by atoms with Gasteiger partial charge in [0.15, 0.2) is 0 Å². The van der Waals surface area contributed by atoms with E-state index in [4.69, 9.17) is 54.6 Å². The molecule has 0 unspecified atom stereocenters. The third-order valence-corrected chi connectivity index (χ3v) is 4.12. The first kappa shape index (κ1) is 33.0. The highest BCUT2D eigenvalue weighted by molar-refractivity contribution is 6.17. The number of aliphatic carboxylic acids is 1. The highest BCUT2D eigenvalue weighted by Gasteiger charge is 2.04. The van der Waals surface area contributed by atoms with Crippen LogP contribution in [-0.2, 0) is 47.5 Å². The first-order chi connectivity index (χ1) is 16.7. The number of hydrogen-bond acceptors (Lipinski definition) is 10. The molecule has 0 radical (unpaired) electrons. The number of carboxylic acids is 1. The van der Waals surface area contributed by atoms with Crippen LogP contribution in [0, 0.1) is 0 Å². The van der Waals surface area contributed by atoms with Crippen LogP contribution in [-0.4, -0.2) is 122 Å². The number of hydrogen-bond donors (Lipinski definition) is 1. The van der Waals surface area contributed by atoms with Gasteiger partial charge in [-0.15, -0.1) is 11.6 Å². The van der Waals surface area contributed by atoms with E-state index in [-0.39, 0.29) is 25.4 Å². The number of rotatable bonds is 28. The maximum Gasteiger partial charge on any atom is 0.305 e. The Morgan fingerprint density at radius 1 is 0.500 bits per heavy atom. The minimum Gasteiger partial charge on any atom is -0.481 e. The Bertz CT molecular complexity index is 455. The van der Waals surface area contributed by atoms with Crippen LogP contribution in [0.4, 0.5) is 0 Å². The molecule has 0 heterocycles. The van der Waals surface area contributed by atoms with Crippen LogP contribution < -0.4 is 0 Å². The van der Waals surface area contributed by atoms with Gasteiger partial charge in [-0.2, -0.15) is 0 Å². The number of halogens is 1. The second-order valence-corrected chi connectivity index (χ2v) is 7.17. The van der Waals surface area contributed by atoms with Crippen molar-refractivity contribution in [2.75, 3.05) is 105 Å². The molecular weight excluding hydrogens is 476 g/mol. The van der Waals surface area contributed by atoms with E-state index in [1.54, 1.807) is 0 Å². The van der Waals surface area contributed by atoms with Gasteiger partial charge in [0.05, 0.1) is 92.5 Å². The van der Waals surface area contributed by atoms with Crippen molar-refractivity contribution in [3.05, 3.63) is 0 Å². The molecule has 0 saturated carbocycles. The normalized spacial score (nSPS) is 11.1. The van der Waals surface area contributed by atoms with E-state index in [1.807, 2.05) is 0 Å². The topological polar surface area (TPSA) is 128 Å². The molecule has 0 amide bonds. The summed E-state index contributed by atoms with van der Waals surface area (Å²) in [6.07, 6.45) is 1.26. The lowest BCUT2D eigenvalue weighted by Crippen LogP contribution is -2.15. The summed E-state index contributed by atoms with van der Waals surface area (Å²) in [5, 5.41) is 8.51. The number of esters is 1. The molecule has 0 aromatic rings. The highest BCUT2D eigenvalue weighted by atomic mass is 35.5. The summed E-state index contributed by atoms with van der Waals surface area (Å²) in [6, 6.07) is 0. The van der Waals surface area contributed by atoms with Crippen LogP contribution in [0.15, 0.2) is 0 Å². The quantitative estimate of drug-likeness (QED) is 0.0923. The molecule has 12 heteroatoms. The summed E-state index contributed by atoms with van der Waals surface area (Å²) in [7, 11) is 0. The second kappa shape index (κ2) is 28.2. The second-order valence-electron chi connectivity index (χ2n) is 6.80. The lowest BCUT2D eigenvalue weighted by molar-refractivity contribution is -0.146. The average molecular weight is 517 g/mol. The molecule has 0 aromatic carbocycles. The molecule has 0 aliphatic carbocycles. The summed E-state index contributed by atoms with van der Waals surface area (Å²) < 4.78 is 42.3. The summed E-state index contributed by atoms with van der Waals surface area (Å²) in [4.78, 5) is 21.8. The zero-order valence-corrected chi connectivity index (χ0v) is 20.8. The fourth-order valence-corrected chi connectivity index (χ4v) is 2.42. The lowest BCUT2D eigenvalue weighted by atomic mass is 10.2. The lowest BCUT2D eigenvalue weighted by Gasteiger charge is -2.08. The predicted molar refractivity (Wildman–Crippen MR) is 124 cm³/mol. The number of unbranched alkanes of at least 4 members (excludes halogenated alkanes) is 1. The van der Waals surface area contributed by atoms with Gasteiger partial charge in [0.1, 0.15) is 6.61 Å². The average Bonchev–Trinajstić information content (AvgIpc) is 2.82. The van der Waals surface area contributed by atoms with Crippen molar-refractivity contribution in [3.8, 4) is 0 Å². The Morgan fingerprint density at radius 3 is 1.18 bits per heavy atom. The molecular formula is C22H41ClO11. The maximum atomic E-state index is 11.4. The molecule has 0 aromatic heterocycles. The van der Waals surface area contributed by atoms with E-state index in [2.05, 4.69) is 0 Å². The molecule has 34 heavy (non-hydrogen) atoms. The Morgan fingerprint density at radius 2 is 0.824 bits per heavy atom. The van der Waals surface area contributed by atoms with Crippen LogP contribution in [0.1, 0.15) is 25.7 Å². The molecule has 0 spiro atoms. The van der Waals surface area contributed by atoms with Crippen LogP contribution >= 0.6 is 11.6 Å². The van der Waals surface area contributed by atoms with Crippen LogP contribution in [0.5, 0.6) is 0 Å². The molecule has 0 fully saturated rings. The van der Waals surface area contributed by atoms with E-state index in [9.17, 15) is 9.59 Å². The summed E-state index contributed by atoms with van der Waals surface area (Å²) in [5.41, 5.74) is 0. The Hall–Kier alpha value is -1.05. The van der Waals surface area contributed by atoms with Gasteiger partial charge in [0.25, 0.3) is 0 Å². The SMILES string of the molecule is O=C(O)CCCCC(=O)OCCOCCOCCOCCOCCOCCOCCOCCCl. The third kappa shape index (κ3) is 29.0. The first-order valence-corrected chi connectivity index (χ1v) is 12.2. The van der Waals surface area contributed by atoms with Gasteiger partial charge < -0.3 is 43.0 Å². The molecule has 0 rings (SSSR count). The van der Waals surface area contributed by atoms with Crippen LogP contribution in [0.25, 0.3) is 0 Å². The van der Waals surface area contributed by atoms with E-state index in [0.717, 1.165) is 0 Å². The standard InChI is InChI=1S/C22H41ClO11/c23-5-6-27-7-8-28-9-10-29-11-12-30-13-14-31-15-16-32-17-18-33-19-20-34-22(26)4-2-1-3-21(24)25/h1-20H2,(H,24,25). The number of carboxylic acid groups (broad SMARTS) is 1. The predicted octanol–water partition coefficient (Wildman–Crippen LogP) is 1.53. The van der Waals surface area contributed by atoms with Crippen molar-refractivity contribution in [3.63, 3.8) is 0 Å². The Kier molecular flexibility index (Phi) is 27.3. The number of carbonyl (C=O) groups excluding carboxylic acids is 1. The van der Waals surface area contributed by atoms with Crippen molar-refractivity contribution in [2.24, 2.45) is 0 Å². The van der Waals surface area contributed by atoms with Crippen molar-refractivity contribution in [2.45, 2.75) is 25.7 Å². The first-order valence-electron chi connectivity index (χ1n) is 11.6. The molecule has 11 nitrogen and oxygen atoms in total. The monoisotopic (exact) mass is 516 g/mol. The summed E-state index contributed by atoms with van der Waals surface area (Å²) >= 11 is 5.48. The zero-order chi connectivity index (χ0) is 25.0. The van der Waals surface area contributed by atoms with Gasteiger partial charge in [0.2, 0.25) is 0 Å². The minimum absolute atomic E-state index is 0.0649. The number of ether oxygens (including phenoxy) is 8. The fraction of sp³-hybridized carbons (Fsp3) is 0.909. The van der Waals surface area contributed by atoms with Crippen molar-refractivity contribution in [1.82, 2.24) is 0 Å². The van der Waals surface area contributed by atoms with Gasteiger partial charge >= 0.3 is 11.9 Å². The highest BCUT2D eigenvalue weighted by Crippen LogP contribution is 2.01. The molecule has 0 atom stereocenters. The van der Waals surface area contributed by atoms with Crippen molar-refractivity contribution in [1.29, 1.82) is 0 Å². The number of alkyl halides is 1. The smallest absolute Gasteiger partial charge is 0.305 e. The third-order valence-electron chi connectivity index (χ3n) is 3.97. The number of carbonyl (C=O) groups is 2. The van der Waals surface area contributed by atoms with Gasteiger partial charge in [0, 0.05) is 18.7 Å². The van der Waals surface area contributed by atoms with Gasteiger partial charge in [-0.25, -0.2) is 0 Å². The minimum atomic E-state index is -0.860. The van der Waals surface area contributed by atoms with Gasteiger partial charge in [-0.05, 0) is 12.8 Å². The Balaban J connectivity index is 3.10.